The first kappa shape index (κ1) is 20.5. The van der Waals surface area contributed by atoms with E-state index in [9.17, 15) is 4.79 Å². The van der Waals surface area contributed by atoms with E-state index >= 15 is 0 Å². The summed E-state index contributed by atoms with van der Waals surface area (Å²) in [7, 11) is 0. The second-order valence-electron chi connectivity index (χ2n) is 9.10. The quantitative estimate of drug-likeness (QED) is 0.645. The fraction of sp³-hybridized carbons (Fsp3) is 0.640. The van der Waals surface area contributed by atoms with Gasteiger partial charge in [-0.2, -0.15) is 0 Å². The Morgan fingerprint density at radius 1 is 1.17 bits per heavy atom. The fourth-order valence-corrected chi connectivity index (χ4v) is 5.27. The smallest absolute Gasteiger partial charge is 0.220 e. The standard InChI is InChI=1S/C25H36N2O2/c1-2-6-25(28)26-22-12-10-19(11-13-22)14-16-27-15-4-3-8-23(27)21-17-20-7-5-9-24(20)29-18-21/h5,7,9,17-19,22-23H,2-4,6,8,10-16H2,1H3,(H,26,28)/t19-,22-,23?. The predicted molar refractivity (Wildman–Crippen MR) is 117 cm³/mol. The van der Waals surface area contributed by atoms with Crippen LogP contribution in [0.15, 0.2) is 34.9 Å². The van der Waals surface area contributed by atoms with Gasteiger partial charge in [0.1, 0.15) is 5.76 Å². The molecule has 4 nitrogen and oxygen atoms in total. The van der Waals surface area contributed by atoms with E-state index in [2.05, 4.69) is 35.3 Å². The Kier molecular flexibility index (Phi) is 6.91. The molecule has 4 rings (SSSR count). The van der Waals surface area contributed by atoms with E-state index in [4.69, 9.17) is 4.42 Å². The highest BCUT2D eigenvalue weighted by atomic mass is 16.3. The molecule has 29 heavy (non-hydrogen) atoms. The van der Waals surface area contributed by atoms with Crippen molar-refractivity contribution in [2.45, 2.75) is 83.2 Å². The Bertz CT molecular complexity index is 747. The molecule has 1 atom stereocenters. The van der Waals surface area contributed by atoms with Gasteiger partial charge >= 0.3 is 0 Å². The summed E-state index contributed by atoms with van der Waals surface area (Å²) < 4.78 is 5.88. The molecule has 1 N–H and O–H groups in total. The molecule has 4 aliphatic rings. The van der Waals surface area contributed by atoms with E-state index in [0.717, 1.165) is 30.9 Å². The average molecular weight is 397 g/mol. The Labute approximate surface area is 175 Å². The average Bonchev–Trinajstić information content (AvgIpc) is 3.21. The molecule has 2 heterocycles. The third-order valence-electron chi connectivity index (χ3n) is 6.96. The van der Waals surface area contributed by atoms with Gasteiger partial charge in [0, 0.05) is 29.6 Å². The van der Waals surface area contributed by atoms with Crippen LogP contribution in [0.4, 0.5) is 0 Å². The molecule has 0 aromatic carbocycles. The van der Waals surface area contributed by atoms with Crippen LogP contribution in [0.25, 0.3) is 11.3 Å². The van der Waals surface area contributed by atoms with Crippen molar-refractivity contribution in [1.82, 2.24) is 10.2 Å². The molecule has 0 spiro atoms. The molecular weight excluding hydrogens is 360 g/mol. The Hall–Kier alpha value is -1.81. The highest BCUT2D eigenvalue weighted by molar-refractivity contribution is 5.76. The van der Waals surface area contributed by atoms with Crippen LogP contribution >= 0.6 is 0 Å². The largest absolute Gasteiger partial charge is 0.464 e. The molecule has 1 saturated carbocycles. The molecule has 0 aromatic rings. The summed E-state index contributed by atoms with van der Waals surface area (Å²) in [6.45, 7) is 4.45. The number of nitrogens with one attached hydrogen (secondary N) is 1. The molecule has 0 radical (unpaired) electrons. The van der Waals surface area contributed by atoms with Crippen molar-refractivity contribution < 1.29 is 9.21 Å². The van der Waals surface area contributed by atoms with Gasteiger partial charge in [-0.15, -0.1) is 0 Å². The van der Waals surface area contributed by atoms with Crippen LogP contribution in [-0.4, -0.2) is 29.9 Å². The van der Waals surface area contributed by atoms with Crippen LogP contribution in [-0.2, 0) is 4.79 Å². The molecule has 0 aromatic heterocycles. The summed E-state index contributed by atoms with van der Waals surface area (Å²) in [5.41, 5.74) is 2.56. The number of nitrogens with zero attached hydrogens (tertiary/aromatic N) is 1. The van der Waals surface area contributed by atoms with Gasteiger partial charge in [-0.3, -0.25) is 9.69 Å². The lowest BCUT2D eigenvalue weighted by molar-refractivity contribution is -0.122. The third kappa shape index (κ3) is 5.22. The normalized spacial score (nSPS) is 25.9. The summed E-state index contributed by atoms with van der Waals surface area (Å²) in [6.07, 6.45) is 13.5. The van der Waals surface area contributed by atoms with Crippen LogP contribution in [0.1, 0.15) is 82.7 Å². The minimum Gasteiger partial charge on any atom is -0.464 e. The summed E-state index contributed by atoms with van der Waals surface area (Å²) in [5.74, 6) is 2.03. The first-order valence-electron chi connectivity index (χ1n) is 11.7. The molecule has 158 valence electrons. The zero-order valence-electron chi connectivity index (χ0n) is 17.9. The number of likely N-dealkylation sites (tertiary alicyclic amines) is 1. The van der Waals surface area contributed by atoms with E-state index in [0.29, 0.717) is 18.5 Å². The van der Waals surface area contributed by atoms with E-state index in [-0.39, 0.29) is 5.91 Å². The van der Waals surface area contributed by atoms with Gasteiger partial charge in [0.25, 0.3) is 0 Å². The van der Waals surface area contributed by atoms with E-state index in [1.807, 2.05) is 12.3 Å². The van der Waals surface area contributed by atoms with Crippen molar-refractivity contribution in [3.63, 3.8) is 0 Å². The second-order valence-corrected chi connectivity index (χ2v) is 9.10. The summed E-state index contributed by atoms with van der Waals surface area (Å²) in [6, 6.07) is 9.48. The molecule has 1 unspecified atom stereocenters. The lowest BCUT2D eigenvalue weighted by Crippen LogP contribution is -2.38. The van der Waals surface area contributed by atoms with Crippen molar-refractivity contribution in [2.75, 3.05) is 13.1 Å². The van der Waals surface area contributed by atoms with E-state index < -0.39 is 0 Å². The molecule has 0 bridgehead atoms. The third-order valence-corrected chi connectivity index (χ3v) is 6.96. The molecule has 2 fully saturated rings. The van der Waals surface area contributed by atoms with Crippen LogP contribution in [0.2, 0.25) is 0 Å². The summed E-state index contributed by atoms with van der Waals surface area (Å²) in [4.78, 5) is 14.5. The second kappa shape index (κ2) is 9.80. The molecule has 1 saturated heterocycles. The molecule has 2 aliphatic carbocycles. The van der Waals surface area contributed by atoms with Gasteiger partial charge in [-0.25, -0.2) is 0 Å². The molecule has 1 amide bonds. The van der Waals surface area contributed by atoms with Gasteiger partial charge < -0.3 is 9.73 Å². The van der Waals surface area contributed by atoms with Gasteiger partial charge in [-0.1, -0.05) is 25.5 Å². The Balaban J connectivity index is 1.28. The predicted octanol–water partition coefficient (Wildman–Crippen LogP) is 5.78. The van der Waals surface area contributed by atoms with E-state index in [1.165, 1.54) is 62.7 Å². The van der Waals surface area contributed by atoms with Crippen LogP contribution < -0.4 is 5.32 Å². The molecule has 2 aliphatic heterocycles. The van der Waals surface area contributed by atoms with Crippen molar-refractivity contribution >= 4 is 5.91 Å². The van der Waals surface area contributed by atoms with Crippen LogP contribution in [0.3, 0.4) is 0 Å². The maximum Gasteiger partial charge on any atom is 0.220 e. The minimum atomic E-state index is 0.235. The number of hydrogen-bond acceptors (Lipinski definition) is 3. The Morgan fingerprint density at radius 2 is 2.03 bits per heavy atom. The SMILES string of the molecule is CCCC(=O)N[C@H]1CC[C@H](CCN2CCCCC2c2coc3cccc-3c2)CC1. The van der Waals surface area contributed by atoms with Gasteiger partial charge in [0.15, 0.2) is 0 Å². The lowest BCUT2D eigenvalue weighted by atomic mass is 9.83. The molecule has 4 heteroatoms. The summed E-state index contributed by atoms with van der Waals surface area (Å²) >= 11 is 0. The molecular formula is C25H36N2O2. The fourth-order valence-electron chi connectivity index (χ4n) is 5.27. The number of piperidine rings is 1. The highest BCUT2D eigenvalue weighted by Gasteiger charge is 2.27. The van der Waals surface area contributed by atoms with Crippen molar-refractivity contribution in [1.29, 1.82) is 0 Å². The number of fused-ring (bicyclic) bond motifs is 1. The van der Waals surface area contributed by atoms with Gasteiger partial charge in [0.05, 0.1) is 6.26 Å². The first-order valence-corrected chi connectivity index (χ1v) is 11.7. The zero-order chi connectivity index (χ0) is 20.1. The number of rotatable bonds is 7. The first-order chi connectivity index (χ1) is 14.2. The van der Waals surface area contributed by atoms with Gasteiger partial charge in [0.2, 0.25) is 5.91 Å². The topological polar surface area (TPSA) is 45.5 Å². The maximum atomic E-state index is 11.8. The van der Waals surface area contributed by atoms with Gasteiger partial charge in [-0.05, 0) is 82.5 Å². The van der Waals surface area contributed by atoms with Crippen LogP contribution in [0.5, 0.6) is 0 Å². The number of hydrogen-bond donors (Lipinski definition) is 1. The number of amides is 1. The Morgan fingerprint density at radius 3 is 2.86 bits per heavy atom. The highest BCUT2D eigenvalue weighted by Crippen LogP contribution is 2.36. The van der Waals surface area contributed by atoms with Crippen molar-refractivity contribution in [2.24, 2.45) is 5.92 Å². The van der Waals surface area contributed by atoms with Crippen LogP contribution in [0, 0.1) is 5.92 Å². The van der Waals surface area contributed by atoms with Crippen molar-refractivity contribution in [3.8, 4) is 11.3 Å². The monoisotopic (exact) mass is 396 g/mol. The number of carbonyl (C=O) groups excluding carboxylic acids is 1. The number of carbonyl (C=O) groups is 1. The summed E-state index contributed by atoms with van der Waals surface area (Å²) in [5, 5.41) is 3.23. The zero-order valence-corrected chi connectivity index (χ0v) is 17.9. The minimum absolute atomic E-state index is 0.235. The lowest BCUT2D eigenvalue weighted by Gasteiger charge is -2.37. The van der Waals surface area contributed by atoms with E-state index in [1.54, 1.807) is 0 Å². The maximum absolute atomic E-state index is 11.8. The van der Waals surface area contributed by atoms with Crippen molar-refractivity contribution in [3.05, 3.63) is 36.1 Å².